The van der Waals surface area contributed by atoms with Gasteiger partial charge in [0.1, 0.15) is 0 Å². The van der Waals surface area contributed by atoms with Gasteiger partial charge >= 0.3 is 0 Å². The molecule has 0 radical (unpaired) electrons. The van der Waals surface area contributed by atoms with Crippen LogP contribution >= 0.6 is 23.2 Å². The maximum absolute atomic E-state index is 9.28. The van der Waals surface area contributed by atoms with Crippen LogP contribution in [0.3, 0.4) is 0 Å². The van der Waals surface area contributed by atoms with E-state index in [1.807, 2.05) is 6.07 Å². The van der Waals surface area contributed by atoms with Crippen LogP contribution in [0, 0.1) is 11.3 Å². The van der Waals surface area contributed by atoms with Crippen molar-refractivity contribution in [2.24, 2.45) is 0 Å². The zero-order valence-electron chi connectivity index (χ0n) is 8.84. The lowest BCUT2D eigenvalue weighted by molar-refractivity contribution is 0.00249. The van der Waals surface area contributed by atoms with Gasteiger partial charge in [-0.2, -0.15) is 5.26 Å². The topological polar surface area (TPSA) is 33.0 Å². The molecule has 16 heavy (non-hydrogen) atoms. The number of hydrogen-bond donors (Lipinski definition) is 0. The molecule has 1 aliphatic rings. The van der Waals surface area contributed by atoms with Crippen molar-refractivity contribution in [3.05, 3.63) is 33.8 Å². The number of ether oxygens (including phenoxy) is 1. The number of hydrogen-bond acceptors (Lipinski definition) is 2. The molecular weight excluding hydrogens is 245 g/mol. The minimum absolute atomic E-state index is 0.175. The van der Waals surface area contributed by atoms with Crippen molar-refractivity contribution in [1.82, 2.24) is 0 Å². The molecule has 0 heterocycles. The molecular formula is C12H11Cl2NO. The van der Waals surface area contributed by atoms with Gasteiger partial charge in [0.25, 0.3) is 0 Å². The average molecular weight is 256 g/mol. The number of nitriles is 1. The second kappa shape index (κ2) is 4.25. The lowest BCUT2D eigenvalue weighted by atomic mass is 9.64. The van der Waals surface area contributed by atoms with Crippen LogP contribution in [0.4, 0.5) is 0 Å². The van der Waals surface area contributed by atoms with Gasteiger partial charge in [-0.1, -0.05) is 29.3 Å². The highest BCUT2D eigenvalue weighted by atomic mass is 35.5. The standard InChI is InChI=1S/C12H11Cl2NO/c1-16-9-5-12(6-9,7-15)8-2-3-10(13)11(14)4-8/h2-4,9H,5-6H2,1H3. The molecule has 0 bridgehead atoms. The van der Waals surface area contributed by atoms with Gasteiger partial charge in [-0.05, 0) is 30.5 Å². The van der Waals surface area contributed by atoms with Crippen molar-refractivity contribution in [3.63, 3.8) is 0 Å². The summed E-state index contributed by atoms with van der Waals surface area (Å²) in [6.45, 7) is 0. The fourth-order valence-corrected chi connectivity index (χ4v) is 2.37. The highest BCUT2D eigenvalue weighted by Crippen LogP contribution is 2.45. The van der Waals surface area contributed by atoms with Gasteiger partial charge in [0.05, 0.1) is 27.6 Å². The first kappa shape index (κ1) is 11.7. The Kier molecular flexibility index (Phi) is 3.12. The van der Waals surface area contributed by atoms with E-state index in [4.69, 9.17) is 27.9 Å². The van der Waals surface area contributed by atoms with Crippen LogP contribution in [0.1, 0.15) is 18.4 Å². The Morgan fingerprint density at radius 2 is 2.06 bits per heavy atom. The van der Waals surface area contributed by atoms with E-state index in [1.54, 1.807) is 19.2 Å². The smallest absolute Gasteiger partial charge is 0.0872 e. The summed E-state index contributed by atoms with van der Waals surface area (Å²) in [5.74, 6) is 0. The van der Waals surface area contributed by atoms with Crippen LogP contribution in [-0.2, 0) is 10.2 Å². The van der Waals surface area contributed by atoms with E-state index in [-0.39, 0.29) is 6.10 Å². The normalized spacial score (nSPS) is 28.2. The molecule has 4 heteroatoms. The minimum Gasteiger partial charge on any atom is -0.381 e. The first-order valence-corrected chi connectivity index (χ1v) is 5.76. The molecule has 0 aliphatic heterocycles. The lowest BCUT2D eigenvalue weighted by Gasteiger charge is -2.42. The fourth-order valence-electron chi connectivity index (χ4n) is 2.07. The predicted molar refractivity (Wildman–Crippen MR) is 63.8 cm³/mol. The second-order valence-electron chi connectivity index (χ2n) is 4.09. The van der Waals surface area contributed by atoms with E-state index in [9.17, 15) is 5.26 Å². The Labute approximate surface area is 105 Å². The van der Waals surface area contributed by atoms with Crippen molar-refractivity contribution in [2.75, 3.05) is 7.11 Å². The van der Waals surface area contributed by atoms with Gasteiger partial charge < -0.3 is 4.74 Å². The summed E-state index contributed by atoms with van der Waals surface area (Å²) in [4.78, 5) is 0. The van der Waals surface area contributed by atoms with E-state index < -0.39 is 5.41 Å². The van der Waals surface area contributed by atoms with Gasteiger partial charge in [0, 0.05) is 7.11 Å². The van der Waals surface area contributed by atoms with Gasteiger partial charge in [0.2, 0.25) is 0 Å². The summed E-state index contributed by atoms with van der Waals surface area (Å²) in [6, 6.07) is 7.74. The van der Waals surface area contributed by atoms with Crippen molar-refractivity contribution in [2.45, 2.75) is 24.4 Å². The van der Waals surface area contributed by atoms with Crippen LogP contribution in [0.25, 0.3) is 0 Å². The molecule has 2 nitrogen and oxygen atoms in total. The van der Waals surface area contributed by atoms with Crippen LogP contribution in [0.2, 0.25) is 10.0 Å². The van der Waals surface area contributed by atoms with Crippen molar-refractivity contribution in [3.8, 4) is 6.07 Å². The third-order valence-corrected chi connectivity index (χ3v) is 3.91. The molecule has 1 saturated carbocycles. The van der Waals surface area contributed by atoms with E-state index >= 15 is 0 Å². The zero-order chi connectivity index (χ0) is 11.8. The number of methoxy groups -OCH3 is 1. The lowest BCUT2D eigenvalue weighted by Crippen LogP contribution is -2.44. The third-order valence-electron chi connectivity index (χ3n) is 3.17. The summed E-state index contributed by atoms with van der Waals surface area (Å²) in [5, 5.41) is 10.3. The molecule has 0 unspecified atom stereocenters. The van der Waals surface area contributed by atoms with E-state index in [0.717, 1.165) is 18.4 Å². The number of halogens is 2. The average Bonchev–Trinajstić information content (AvgIpc) is 2.23. The quantitative estimate of drug-likeness (QED) is 0.810. The molecule has 1 aromatic rings. The first-order chi connectivity index (χ1) is 7.61. The van der Waals surface area contributed by atoms with Gasteiger partial charge in [-0.3, -0.25) is 0 Å². The Morgan fingerprint density at radius 3 is 2.56 bits per heavy atom. The van der Waals surface area contributed by atoms with Crippen molar-refractivity contribution in [1.29, 1.82) is 5.26 Å². The van der Waals surface area contributed by atoms with E-state index in [0.29, 0.717) is 10.0 Å². The summed E-state index contributed by atoms with van der Waals surface area (Å²) < 4.78 is 5.21. The Balaban J connectivity index is 2.30. The molecule has 0 amide bonds. The van der Waals surface area contributed by atoms with Gasteiger partial charge in [0.15, 0.2) is 0 Å². The summed E-state index contributed by atoms with van der Waals surface area (Å²) >= 11 is 11.8. The predicted octanol–water partition coefficient (Wildman–Crippen LogP) is 3.56. The van der Waals surface area contributed by atoms with Crippen LogP contribution in [0.5, 0.6) is 0 Å². The van der Waals surface area contributed by atoms with Crippen molar-refractivity contribution >= 4 is 23.2 Å². The van der Waals surface area contributed by atoms with E-state index in [2.05, 4.69) is 6.07 Å². The maximum atomic E-state index is 9.28. The number of nitrogens with zero attached hydrogens (tertiary/aromatic N) is 1. The minimum atomic E-state index is -0.449. The molecule has 2 rings (SSSR count). The van der Waals surface area contributed by atoms with E-state index in [1.165, 1.54) is 0 Å². The molecule has 0 aromatic heterocycles. The van der Waals surface area contributed by atoms with Crippen molar-refractivity contribution < 1.29 is 4.74 Å². The molecule has 0 N–H and O–H groups in total. The summed E-state index contributed by atoms with van der Waals surface area (Å²) in [7, 11) is 1.67. The highest BCUT2D eigenvalue weighted by molar-refractivity contribution is 6.42. The molecule has 0 atom stereocenters. The van der Waals surface area contributed by atoms with Gasteiger partial charge in [-0.25, -0.2) is 0 Å². The fraction of sp³-hybridized carbons (Fsp3) is 0.417. The maximum Gasteiger partial charge on any atom is 0.0872 e. The SMILES string of the molecule is COC1CC(C#N)(c2ccc(Cl)c(Cl)c2)C1. The highest BCUT2D eigenvalue weighted by Gasteiger charge is 2.46. The Bertz CT molecular complexity index is 447. The number of benzene rings is 1. The largest absolute Gasteiger partial charge is 0.381 e. The monoisotopic (exact) mass is 255 g/mol. The van der Waals surface area contributed by atoms with Gasteiger partial charge in [-0.15, -0.1) is 0 Å². The van der Waals surface area contributed by atoms with Crippen LogP contribution in [-0.4, -0.2) is 13.2 Å². The summed E-state index contributed by atoms with van der Waals surface area (Å²) in [5.41, 5.74) is 0.479. The van der Waals surface area contributed by atoms with Crippen LogP contribution < -0.4 is 0 Å². The molecule has 1 fully saturated rings. The Morgan fingerprint density at radius 1 is 1.38 bits per heavy atom. The molecule has 0 spiro atoms. The third kappa shape index (κ3) is 1.80. The zero-order valence-corrected chi connectivity index (χ0v) is 10.3. The molecule has 84 valence electrons. The van der Waals surface area contributed by atoms with Crippen LogP contribution in [0.15, 0.2) is 18.2 Å². The summed E-state index contributed by atoms with van der Waals surface area (Å²) in [6.07, 6.45) is 1.62. The number of rotatable bonds is 2. The first-order valence-electron chi connectivity index (χ1n) is 5.01. The molecule has 0 saturated heterocycles. The second-order valence-corrected chi connectivity index (χ2v) is 4.90. The molecule has 1 aromatic carbocycles. The molecule has 1 aliphatic carbocycles. The Hall–Kier alpha value is -0.750.